The largest absolute Gasteiger partial charge is 0.444 e. The van der Waals surface area contributed by atoms with Gasteiger partial charge in [-0.1, -0.05) is 36.8 Å². The highest BCUT2D eigenvalue weighted by atomic mass is 16.6. The van der Waals surface area contributed by atoms with E-state index in [-0.39, 0.29) is 18.0 Å². The van der Waals surface area contributed by atoms with Gasteiger partial charge in [0, 0.05) is 25.2 Å². The second-order valence-electron chi connectivity index (χ2n) is 11.0. The molecule has 0 unspecified atom stereocenters. The lowest BCUT2D eigenvalue weighted by atomic mass is 9.89. The fraction of sp³-hybridized carbons (Fsp3) is 0.517. The van der Waals surface area contributed by atoms with Crippen LogP contribution in [0.25, 0.3) is 11.1 Å². The van der Waals surface area contributed by atoms with Crippen molar-refractivity contribution >= 4 is 17.7 Å². The van der Waals surface area contributed by atoms with Gasteiger partial charge in [0.2, 0.25) is 5.91 Å². The van der Waals surface area contributed by atoms with Crippen LogP contribution in [0.2, 0.25) is 0 Å². The number of likely N-dealkylation sites (tertiary alicyclic amines) is 1. The third-order valence-electron chi connectivity index (χ3n) is 6.85. The molecule has 0 aliphatic carbocycles. The molecule has 0 radical (unpaired) electrons. The van der Waals surface area contributed by atoms with Crippen LogP contribution in [-0.2, 0) is 16.1 Å². The zero-order valence-electron chi connectivity index (χ0n) is 21.8. The first-order chi connectivity index (χ1) is 16.6. The molecule has 1 saturated heterocycles. The second-order valence-corrected chi connectivity index (χ2v) is 11.0. The number of hydrogen-bond acceptors (Lipinski definition) is 4. The van der Waals surface area contributed by atoms with Crippen LogP contribution in [0.3, 0.4) is 0 Å². The highest BCUT2D eigenvalue weighted by Gasteiger charge is 2.34. The Hall–Kier alpha value is -2.86. The van der Waals surface area contributed by atoms with Crippen molar-refractivity contribution in [2.75, 3.05) is 18.0 Å². The van der Waals surface area contributed by atoms with Crippen molar-refractivity contribution in [1.29, 1.82) is 0 Å². The summed E-state index contributed by atoms with van der Waals surface area (Å²) in [6.07, 6.45) is 4.12. The van der Waals surface area contributed by atoms with Crippen molar-refractivity contribution in [1.82, 2.24) is 10.2 Å². The molecule has 2 atom stereocenters. The van der Waals surface area contributed by atoms with Gasteiger partial charge in [-0.3, -0.25) is 9.69 Å². The Bertz CT molecular complexity index is 1050. The van der Waals surface area contributed by atoms with Crippen molar-refractivity contribution in [3.63, 3.8) is 0 Å². The summed E-state index contributed by atoms with van der Waals surface area (Å²) in [4.78, 5) is 29.4. The molecule has 4 rings (SSSR count). The standard InChI is InChI=1S/C29H39N3O3/c1-20-17-26(30-28(34)35-29(3,4)5)25-18-24(13-14-27(25)32(20)21(2)33)23-11-9-22(10-12-23)19-31-15-7-6-8-16-31/h9-14,18,20,26H,6-8,15-17,19H2,1-5H3,(H,30,34)/t20-,26+/m0/s1. The minimum absolute atomic E-state index is 0.00397. The lowest BCUT2D eigenvalue weighted by molar-refractivity contribution is -0.117. The minimum atomic E-state index is -0.573. The number of amides is 2. The van der Waals surface area contributed by atoms with Gasteiger partial charge in [0.15, 0.2) is 0 Å². The highest BCUT2D eigenvalue weighted by Crippen LogP contribution is 2.40. The number of piperidine rings is 1. The van der Waals surface area contributed by atoms with Crippen molar-refractivity contribution < 1.29 is 14.3 Å². The van der Waals surface area contributed by atoms with Crippen LogP contribution in [0.4, 0.5) is 10.5 Å². The maximum absolute atomic E-state index is 12.6. The molecule has 2 amide bonds. The van der Waals surface area contributed by atoms with Crippen LogP contribution >= 0.6 is 0 Å². The summed E-state index contributed by atoms with van der Waals surface area (Å²) in [7, 11) is 0. The summed E-state index contributed by atoms with van der Waals surface area (Å²) < 4.78 is 5.52. The van der Waals surface area contributed by atoms with E-state index in [4.69, 9.17) is 4.74 Å². The zero-order valence-corrected chi connectivity index (χ0v) is 21.8. The fourth-order valence-corrected chi connectivity index (χ4v) is 5.29. The van der Waals surface area contributed by atoms with E-state index in [1.165, 1.54) is 37.9 Å². The van der Waals surface area contributed by atoms with Crippen LogP contribution in [0, 0.1) is 0 Å². The van der Waals surface area contributed by atoms with Crippen LogP contribution < -0.4 is 10.2 Å². The molecule has 0 spiro atoms. The summed E-state index contributed by atoms with van der Waals surface area (Å²) in [6, 6.07) is 14.7. The van der Waals surface area contributed by atoms with E-state index >= 15 is 0 Å². The molecule has 0 saturated carbocycles. The Morgan fingerprint density at radius 3 is 2.29 bits per heavy atom. The predicted octanol–water partition coefficient (Wildman–Crippen LogP) is 6.05. The Labute approximate surface area is 209 Å². The molecule has 2 aromatic carbocycles. The molecular formula is C29H39N3O3. The van der Waals surface area contributed by atoms with E-state index in [9.17, 15) is 9.59 Å². The molecule has 6 nitrogen and oxygen atoms in total. The Morgan fingerprint density at radius 1 is 1.00 bits per heavy atom. The maximum atomic E-state index is 12.6. The summed E-state index contributed by atoms with van der Waals surface area (Å²) in [6.45, 7) is 12.5. The topological polar surface area (TPSA) is 61.9 Å². The second kappa shape index (κ2) is 10.4. The number of hydrogen-bond donors (Lipinski definition) is 1. The smallest absolute Gasteiger partial charge is 0.408 e. The number of ether oxygens (including phenoxy) is 1. The number of nitrogens with zero attached hydrogens (tertiary/aromatic N) is 2. The van der Waals surface area contributed by atoms with E-state index < -0.39 is 11.7 Å². The van der Waals surface area contributed by atoms with Gasteiger partial charge >= 0.3 is 6.09 Å². The third-order valence-corrected chi connectivity index (χ3v) is 6.85. The van der Waals surface area contributed by atoms with Crippen LogP contribution in [0.15, 0.2) is 42.5 Å². The first-order valence-electron chi connectivity index (χ1n) is 12.9. The van der Waals surface area contributed by atoms with Gasteiger partial charge in [-0.2, -0.15) is 0 Å². The van der Waals surface area contributed by atoms with Gasteiger partial charge in [-0.25, -0.2) is 4.79 Å². The van der Waals surface area contributed by atoms with Crippen molar-refractivity contribution in [3.8, 4) is 11.1 Å². The van der Waals surface area contributed by atoms with Crippen LogP contribution in [0.1, 0.15) is 77.5 Å². The van der Waals surface area contributed by atoms with Gasteiger partial charge < -0.3 is 15.0 Å². The number of carbonyl (C=O) groups is 2. The summed E-state index contributed by atoms with van der Waals surface area (Å²) in [5.41, 5.74) is 4.74. The lowest BCUT2D eigenvalue weighted by Crippen LogP contribution is -2.46. The third kappa shape index (κ3) is 6.23. The number of anilines is 1. The zero-order chi connectivity index (χ0) is 25.2. The number of nitrogens with one attached hydrogen (secondary N) is 1. The monoisotopic (exact) mass is 477 g/mol. The first kappa shape index (κ1) is 25.2. The van der Waals surface area contributed by atoms with Crippen molar-refractivity contribution in [2.45, 2.75) is 84.5 Å². The summed E-state index contributed by atoms with van der Waals surface area (Å²) in [5.74, 6) is 0.00397. The van der Waals surface area contributed by atoms with Gasteiger partial charge in [-0.15, -0.1) is 0 Å². The Morgan fingerprint density at radius 2 is 1.66 bits per heavy atom. The van der Waals surface area contributed by atoms with Gasteiger partial charge in [0.05, 0.1) is 6.04 Å². The number of fused-ring (bicyclic) bond motifs is 1. The van der Waals surface area contributed by atoms with E-state index in [1.54, 1.807) is 6.92 Å². The van der Waals surface area contributed by atoms with Gasteiger partial charge in [0.25, 0.3) is 0 Å². The molecule has 1 N–H and O–H groups in total. The highest BCUT2D eigenvalue weighted by molar-refractivity contribution is 5.94. The van der Waals surface area contributed by atoms with E-state index in [1.807, 2.05) is 38.7 Å². The molecule has 6 heteroatoms. The molecule has 0 bridgehead atoms. The van der Waals surface area contributed by atoms with E-state index in [0.29, 0.717) is 6.42 Å². The Kier molecular flexibility index (Phi) is 7.50. The van der Waals surface area contributed by atoms with E-state index in [2.05, 4.69) is 46.6 Å². The molecule has 2 heterocycles. The molecule has 35 heavy (non-hydrogen) atoms. The summed E-state index contributed by atoms with van der Waals surface area (Å²) >= 11 is 0. The fourth-order valence-electron chi connectivity index (χ4n) is 5.29. The van der Waals surface area contributed by atoms with Crippen molar-refractivity contribution in [2.24, 2.45) is 0 Å². The molecule has 2 aliphatic heterocycles. The van der Waals surface area contributed by atoms with Crippen LogP contribution in [0.5, 0.6) is 0 Å². The molecule has 0 aromatic heterocycles. The minimum Gasteiger partial charge on any atom is -0.444 e. The SMILES string of the molecule is CC(=O)N1c2ccc(-c3ccc(CN4CCCCC4)cc3)cc2[C@H](NC(=O)OC(C)(C)C)C[C@@H]1C. The number of carbonyl (C=O) groups excluding carboxylic acids is 2. The molecule has 188 valence electrons. The quantitative estimate of drug-likeness (QED) is 0.582. The Balaban J connectivity index is 1.59. The molecule has 1 fully saturated rings. The average molecular weight is 478 g/mol. The lowest BCUT2D eigenvalue weighted by Gasteiger charge is -2.39. The summed E-state index contributed by atoms with van der Waals surface area (Å²) in [5, 5.41) is 3.05. The molecule has 2 aliphatic rings. The van der Waals surface area contributed by atoms with Gasteiger partial charge in [-0.05, 0) is 94.4 Å². The normalized spacial score (nSPS) is 20.8. The van der Waals surface area contributed by atoms with Crippen molar-refractivity contribution in [3.05, 3.63) is 53.6 Å². The first-order valence-corrected chi connectivity index (χ1v) is 12.9. The molecular weight excluding hydrogens is 438 g/mol. The predicted molar refractivity (Wildman–Crippen MR) is 140 cm³/mol. The molecule has 2 aromatic rings. The van der Waals surface area contributed by atoms with Crippen LogP contribution in [-0.4, -0.2) is 41.6 Å². The number of alkyl carbamates (subject to hydrolysis) is 1. The maximum Gasteiger partial charge on any atom is 0.408 e. The number of benzene rings is 2. The van der Waals surface area contributed by atoms with E-state index in [0.717, 1.165) is 28.9 Å². The number of rotatable bonds is 4. The average Bonchev–Trinajstić information content (AvgIpc) is 2.78. The van der Waals surface area contributed by atoms with Gasteiger partial charge in [0.1, 0.15) is 5.60 Å².